The number of aryl methyl sites for hydroxylation is 2. The lowest BCUT2D eigenvalue weighted by Crippen LogP contribution is -2.58. The molecule has 2 amide bonds. The molecule has 4 aromatic rings. The van der Waals surface area contributed by atoms with Crippen LogP contribution in [0.3, 0.4) is 0 Å². The van der Waals surface area contributed by atoms with Crippen LogP contribution in [0.25, 0.3) is 5.82 Å². The largest absolute Gasteiger partial charge is 0.494 e. The molecule has 2 aromatic heterocycles. The van der Waals surface area contributed by atoms with E-state index < -0.39 is 0 Å². The van der Waals surface area contributed by atoms with E-state index >= 15 is 0 Å². The van der Waals surface area contributed by atoms with Gasteiger partial charge >= 0.3 is 0 Å². The van der Waals surface area contributed by atoms with Crippen molar-refractivity contribution in [2.45, 2.75) is 33.6 Å². The van der Waals surface area contributed by atoms with Crippen molar-refractivity contribution in [3.8, 4) is 11.6 Å². The molecule has 0 bridgehead atoms. The van der Waals surface area contributed by atoms with E-state index in [9.17, 15) is 9.59 Å². The minimum absolute atomic E-state index is 0.126. The fourth-order valence-electron chi connectivity index (χ4n) is 6.48. The first-order valence-electron chi connectivity index (χ1n) is 15.8. The van der Waals surface area contributed by atoms with Gasteiger partial charge in [0.2, 0.25) is 11.9 Å². The van der Waals surface area contributed by atoms with Crippen LogP contribution >= 0.6 is 0 Å². The molecule has 0 spiro atoms. The maximum absolute atomic E-state index is 13.3. The number of benzene rings is 2. The van der Waals surface area contributed by atoms with E-state index in [0.717, 1.165) is 71.2 Å². The number of anilines is 4. The first-order chi connectivity index (χ1) is 22.2. The molecule has 7 rings (SSSR count). The third-order valence-corrected chi connectivity index (χ3v) is 9.51. The highest BCUT2D eigenvalue weighted by atomic mass is 16.5. The molecule has 2 N–H and O–H groups in total. The second-order valence-corrected chi connectivity index (χ2v) is 12.6. The van der Waals surface area contributed by atoms with Crippen molar-refractivity contribution in [2.75, 3.05) is 62.0 Å². The Balaban J connectivity index is 1.06. The van der Waals surface area contributed by atoms with Crippen LogP contribution in [0.2, 0.25) is 0 Å². The summed E-state index contributed by atoms with van der Waals surface area (Å²) < 4.78 is 13.1. The number of carbonyl (C=O) groups excluding carboxylic acids is 2. The van der Waals surface area contributed by atoms with Crippen molar-refractivity contribution in [1.29, 1.82) is 0 Å². The smallest absolute Gasteiger partial charge is 0.257 e. The van der Waals surface area contributed by atoms with Gasteiger partial charge in [-0.25, -0.2) is 4.98 Å². The zero-order chi connectivity index (χ0) is 32.0. The lowest BCUT2D eigenvalue weighted by Gasteiger charge is -2.43. The van der Waals surface area contributed by atoms with E-state index in [1.807, 2.05) is 85.1 Å². The first kappa shape index (κ1) is 29.8. The third kappa shape index (κ3) is 5.34. The van der Waals surface area contributed by atoms with Crippen molar-refractivity contribution >= 4 is 34.8 Å². The number of carbonyl (C=O) groups is 2. The van der Waals surface area contributed by atoms with Crippen LogP contribution in [0.1, 0.15) is 39.7 Å². The Morgan fingerprint density at radius 3 is 2.54 bits per heavy atom. The summed E-state index contributed by atoms with van der Waals surface area (Å²) in [6.45, 7) is 9.89. The van der Waals surface area contributed by atoms with Gasteiger partial charge in [0.1, 0.15) is 11.6 Å². The number of ether oxygens (including phenoxy) is 2. The highest BCUT2D eigenvalue weighted by molar-refractivity contribution is 6.05. The molecule has 0 saturated carbocycles. The number of nitrogens with one attached hydrogen (secondary N) is 2. The maximum atomic E-state index is 13.3. The Hall–Kier alpha value is -4.90. The van der Waals surface area contributed by atoms with Crippen molar-refractivity contribution in [1.82, 2.24) is 19.4 Å². The third-order valence-electron chi connectivity index (χ3n) is 9.51. The standard InChI is InChI=1S/C35H39N7O4/c1-22-6-5-7-27(23(22)2)37-32(43)26-12-13-42-29(26)11-8-24-19-36-34(39-31(24)42)38-28-10-9-25(18-30(28)45-4)40-14-16-41(17-15-40)33(44)35(3)20-46-21-35/h5-7,9-10,12-13,18-19H,8,11,14-17,20-21H2,1-4H3,(H,37,43)(H,36,38,39). The van der Waals surface area contributed by atoms with Crippen LogP contribution in [0.5, 0.6) is 5.75 Å². The van der Waals surface area contributed by atoms with Crippen LogP contribution in [0, 0.1) is 19.3 Å². The molecule has 2 saturated heterocycles. The summed E-state index contributed by atoms with van der Waals surface area (Å²) in [4.78, 5) is 39.9. The van der Waals surface area contributed by atoms with Crippen LogP contribution in [0.4, 0.5) is 23.0 Å². The van der Waals surface area contributed by atoms with E-state index in [4.69, 9.17) is 14.5 Å². The zero-order valence-corrected chi connectivity index (χ0v) is 26.7. The molecular formula is C35H39N7O4. The Morgan fingerprint density at radius 1 is 1.00 bits per heavy atom. The second kappa shape index (κ2) is 11.8. The molecule has 11 heteroatoms. The Morgan fingerprint density at radius 2 is 1.80 bits per heavy atom. The van der Waals surface area contributed by atoms with Gasteiger partial charge in [0.15, 0.2) is 0 Å². The Kier molecular flexibility index (Phi) is 7.64. The molecule has 0 unspecified atom stereocenters. The number of methoxy groups -OCH3 is 1. The molecule has 2 fully saturated rings. The minimum Gasteiger partial charge on any atom is -0.494 e. The first-order valence-corrected chi connectivity index (χ1v) is 15.8. The average Bonchev–Trinajstić information content (AvgIpc) is 3.51. The summed E-state index contributed by atoms with van der Waals surface area (Å²) in [7, 11) is 1.65. The molecule has 0 radical (unpaired) electrons. The van der Waals surface area contributed by atoms with E-state index in [-0.39, 0.29) is 17.2 Å². The van der Waals surface area contributed by atoms with Crippen molar-refractivity contribution < 1.29 is 19.1 Å². The van der Waals surface area contributed by atoms with Gasteiger partial charge in [-0.3, -0.25) is 9.59 Å². The number of amides is 2. The molecule has 2 aromatic carbocycles. The number of fused-ring (bicyclic) bond motifs is 3. The predicted octanol–water partition coefficient (Wildman–Crippen LogP) is 4.67. The van der Waals surface area contributed by atoms with Gasteiger partial charge < -0.3 is 34.5 Å². The van der Waals surface area contributed by atoms with E-state index in [1.54, 1.807) is 7.11 Å². The quantitative estimate of drug-likeness (QED) is 0.306. The molecule has 0 aliphatic carbocycles. The Labute approximate surface area is 268 Å². The van der Waals surface area contributed by atoms with E-state index in [1.165, 1.54) is 0 Å². The summed E-state index contributed by atoms with van der Waals surface area (Å²) >= 11 is 0. The molecule has 5 heterocycles. The van der Waals surface area contributed by atoms with E-state index in [2.05, 4.69) is 20.5 Å². The lowest BCUT2D eigenvalue weighted by atomic mass is 9.86. The van der Waals surface area contributed by atoms with Gasteiger partial charge in [-0.2, -0.15) is 4.98 Å². The zero-order valence-electron chi connectivity index (χ0n) is 26.7. The molecule has 0 atom stereocenters. The Bertz CT molecular complexity index is 1820. The fourth-order valence-corrected chi connectivity index (χ4v) is 6.48. The molecule has 3 aliphatic rings. The van der Waals surface area contributed by atoms with Crippen molar-refractivity contribution in [2.24, 2.45) is 5.41 Å². The highest BCUT2D eigenvalue weighted by Gasteiger charge is 2.44. The average molecular weight is 622 g/mol. The fraction of sp³-hybridized carbons (Fsp3) is 0.371. The maximum Gasteiger partial charge on any atom is 0.257 e. The minimum atomic E-state index is -0.377. The van der Waals surface area contributed by atoms with Crippen molar-refractivity contribution in [3.05, 3.63) is 82.8 Å². The number of hydrogen-bond acceptors (Lipinski definition) is 8. The summed E-state index contributed by atoms with van der Waals surface area (Å²) in [5, 5.41) is 6.43. The van der Waals surface area contributed by atoms with E-state index in [0.29, 0.717) is 43.6 Å². The van der Waals surface area contributed by atoms with Gasteiger partial charge in [0, 0.05) is 67.3 Å². The molecule has 11 nitrogen and oxygen atoms in total. The molecular weight excluding hydrogens is 582 g/mol. The highest BCUT2D eigenvalue weighted by Crippen LogP contribution is 2.34. The van der Waals surface area contributed by atoms with Crippen LogP contribution in [0.15, 0.2) is 54.9 Å². The van der Waals surface area contributed by atoms with Crippen LogP contribution < -0.4 is 20.3 Å². The number of aromatic nitrogens is 3. The molecule has 3 aliphatic heterocycles. The van der Waals surface area contributed by atoms with Gasteiger partial charge in [0.05, 0.1) is 37.0 Å². The number of rotatable bonds is 7. The van der Waals surface area contributed by atoms with Gasteiger partial charge in [-0.05, 0) is 69.0 Å². The van der Waals surface area contributed by atoms with Gasteiger partial charge in [-0.15, -0.1) is 0 Å². The predicted molar refractivity (Wildman–Crippen MR) is 177 cm³/mol. The topological polar surface area (TPSA) is 114 Å². The monoisotopic (exact) mass is 621 g/mol. The lowest BCUT2D eigenvalue weighted by molar-refractivity contribution is -0.169. The van der Waals surface area contributed by atoms with Gasteiger partial charge in [0.25, 0.3) is 5.91 Å². The van der Waals surface area contributed by atoms with Crippen LogP contribution in [-0.4, -0.2) is 77.8 Å². The van der Waals surface area contributed by atoms with Gasteiger partial charge in [-0.1, -0.05) is 12.1 Å². The molecule has 46 heavy (non-hydrogen) atoms. The number of nitrogens with zero attached hydrogens (tertiary/aromatic N) is 5. The summed E-state index contributed by atoms with van der Waals surface area (Å²) in [6.07, 6.45) is 5.22. The second-order valence-electron chi connectivity index (χ2n) is 12.6. The SMILES string of the molecule is COc1cc(N2CCN(C(=O)C3(C)COC3)CC2)ccc1Nc1ncc2c(n1)-n1ccc(C(=O)Nc3cccc(C)c3C)c1CC2. The summed E-state index contributed by atoms with van der Waals surface area (Å²) in [5.74, 6) is 1.93. The van der Waals surface area contributed by atoms with Crippen molar-refractivity contribution in [3.63, 3.8) is 0 Å². The summed E-state index contributed by atoms with van der Waals surface area (Å²) in [5.41, 5.74) is 7.01. The molecule has 238 valence electrons. The normalized spacial score (nSPS) is 16.6. The number of piperazine rings is 1. The summed E-state index contributed by atoms with van der Waals surface area (Å²) in [6, 6.07) is 13.8. The number of hydrogen-bond donors (Lipinski definition) is 2. The van der Waals surface area contributed by atoms with Crippen LogP contribution in [-0.2, 0) is 22.4 Å².